The minimum absolute atomic E-state index is 0.0605. The number of hydrogen-bond donors (Lipinski definition) is 2. The normalized spacial score (nSPS) is 20.1. The summed E-state index contributed by atoms with van der Waals surface area (Å²) in [6.45, 7) is 2.38. The fourth-order valence-corrected chi connectivity index (χ4v) is 5.64. The van der Waals surface area contributed by atoms with Crippen molar-refractivity contribution in [3.8, 4) is 16.3 Å². The standard InChI is InChI=1S/C27H33FN8O3S/c1-34-13-9-19(10-14-34)31-27(38)39-23-8-12-29-24(32-23)36-15-11-20(28)21(17-36)35(2)26(37)33-25-30-16-22(40-25)18-6-4-3-5-7-18/h3-8,12,16,19-21H,9-11,13-15,17H2,1-2H3,(H,31,38)(H,30,33,37)/t20-,21+/m1/s1. The van der Waals surface area contributed by atoms with Crippen LogP contribution >= 0.6 is 11.3 Å². The number of piperidine rings is 2. The van der Waals surface area contributed by atoms with Gasteiger partial charge in [-0.1, -0.05) is 41.7 Å². The van der Waals surface area contributed by atoms with Crippen molar-refractivity contribution in [3.05, 3.63) is 48.8 Å². The number of carbonyl (C=O) groups excluding carboxylic acids is 2. The molecule has 13 heteroatoms. The number of nitrogens with zero attached hydrogens (tertiary/aromatic N) is 6. The number of rotatable bonds is 6. The van der Waals surface area contributed by atoms with Gasteiger partial charge in [0.1, 0.15) is 6.17 Å². The third-order valence-electron chi connectivity index (χ3n) is 7.23. The van der Waals surface area contributed by atoms with E-state index in [-0.39, 0.29) is 24.9 Å². The van der Waals surface area contributed by atoms with Gasteiger partial charge in [0.25, 0.3) is 0 Å². The van der Waals surface area contributed by atoms with Crippen molar-refractivity contribution >= 4 is 34.5 Å². The van der Waals surface area contributed by atoms with E-state index in [0.29, 0.717) is 17.6 Å². The number of likely N-dealkylation sites (N-methyl/N-ethyl adjacent to an activating group) is 1. The van der Waals surface area contributed by atoms with Crippen LogP contribution in [0.1, 0.15) is 19.3 Å². The zero-order valence-corrected chi connectivity index (χ0v) is 23.3. The molecule has 0 saturated carbocycles. The highest BCUT2D eigenvalue weighted by molar-refractivity contribution is 7.19. The van der Waals surface area contributed by atoms with E-state index in [2.05, 4.69) is 37.5 Å². The topological polar surface area (TPSA) is 116 Å². The maximum absolute atomic E-state index is 15.0. The Hall–Kier alpha value is -3.84. The molecule has 11 nitrogen and oxygen atoms in total. The Morgan fingerprint density at radius 2 is 1.88 bits per heavy atom. The molecular formula is C27H33FN8O3S. The van der Waals surface area contributed by atoms with Crippen LogP contribution < -0.4 is 20.3 Å². The van der Waals surface area contributed by atoms with Crippen LogP contribution in [-0.4, -0.2) is 95.4 Å². The molecule has 3 aromatic rings. The smallest absolute Gasteiger partial charge is 0.391 e. The molecule has 0 aliphatic carbocycles. The summed E-state index contributed by atoms with van der Waals surface area (Å²) < 4.78 is 20.4. The molecule has 2 aromatic heterocycles. The van der Waals surface area contributed by atoms with Crippen LogP contribution in [0.15, 0.2) is 48.8 Å². The average molecular weight is 569 g/mol. The number of ether oxygens (including phenoxy) is 1. The predicted molar refractivity (Wildman–Crippen MR) is 152 cm³/mol. The largest absolute Gasteiger partial charge is 0.414 e. The number of nitrogens with one attached hydrogen (secondary N) is 2. The maximum atomic E-state index is 15.0. The lowest BCUT2D eigenvalue weighted by Gasteiger charge is -2.39. The minimum atomic E-state index is -1.22. The van der Waals surface area contributed by atoms with E-state index < -0.39 is 24.3 Å². The molecule has 2 saturated heterocycles. The Morgan fingerprint density at radius 1 is 1.10 bits per heavy atom. The fraction of sp³-hybridized carbons (Fsp3) is 0.444. The van der Waals surface area contributed by atoms with E-state index in [1.165, 1.54) is 28.5 Å². The molecule has 1 aromatic carbocycles. The lowest BCUT2D eigenvalue weighted by atomic mass is 10.0. The SMILES string of the molecule is CN1CCC(NC(=O)Oc2ccnc(N3CC[C@@H](F)[C@@H](N(C)C(=O)Nc4ncc(-c5ccccc5)s4)C3)n2)CC1. The van der Waals surface area contributed by atoms with Crippen molar-refractivity contribution < 1.29 is 18.7 Å². The molecule has 0 radical (unpaired) electrons. The highest BCUT2D eigenvalue weighted by Crippen LogP contribution is 2.29. The van der Waals surface area contributed by atoms with Crippen LogP contribution in [0.3, 0.4) is 0 Å². The number of thiazole rings is 1. The first kappa shape index (κ1) is 27.7. The lowest BCUT2D eigenvalue weighted by molar-refractivity contribution is 0.133. The quantitative estimate of drug-likeness (QED) is 0.461. The van der Waals surface area contributed by atoms with E-state index >= 15 is 4.39 Å². The van der Waals surface area contributed by atoms with Crippen molar-refractivity contribution in [2.45, 2.75) is 37.5 Å². The molecule has 0 bridgehead atoms. The summed E-state index contributed by atoms with van der Waals surface area (Å²) in [5, 5.41) is 6.11. The van der Waals surface area contributed by atoms with E-state index in [1.54, 1.807) is 18.1 Å². The lowest BCUT2D eigenvalue weighted by Crippen LogP contribution is -2.55. The van der Waals surface area contributed by atoms with Crippen molar-refractivity contribution in [3.63, 3.8) is 0 Å². The summed E-state index contributed by atoms with van der Waals surface area (Å²) in [4.78, 5) is 44.7. The molecule has 2 aliphatic rings. The summed E-state index contributed by atoms with van der Waals surface area (Å²) >= 11 is 1.35. The molecule has 3 amide bonds. The van der Waals surface area contributed by atoms with Crippen LogP contribution in [0, 0.1) is 0 Å². The van der Waals surface area contributed by atoms with Crippen LogP contribution in [-0.2, 0) is 0 Å². The molecule has 2 atom stereocenters. The summed E-state index contributed by atoms with van der Waals surface area (Å²) in [5.74, 6) is 0.418. The van der Waals surface area contributed by atoms with Gasteiger partial charge < -0.3 is 24.8 Å². The van der Waals surface area contributed by atoms with E-state index in [9.17, 15) is 9.59 Å². The van der Waals surface area contributed by atoms with Crippen molar-refractivity contribution in [2.75, 3.05) is 50.5 Å². The van der Waals surface area contributed by atoms with Gasteiger partial charge in [-0.05, 0) is 45.0 Å². The summed E-state index contributed by atoms with van der Waals surface area (Å²) in [6.07, 6.45) is 3.34. The second-order valence-corrected chi connectivity index (χ2v) is 11.1. The van der Waals surface area contributed by atoms with Gasteiger partial charge in [0.05, 0.1) is 10.9 Å². The number of urea groups is 1. The first-order chi connectivity index (χ1) is 19.4. The molecule has 5 rings (SSSR count). The third kappa shape index (κ3) is 6.83. The van der Waals surface area contributed by atoms with Crippen LogP contribution in [0.4, 0.5) is 25.1 Å². The summed E-state index contributed by atoms with van der Waals surface area (Å²) in [5.41, 5.74) is 1.01. The van der Waals surface area contributed by atoms with Crippen molar-refractivity contribution in [1.82, 2.24) is 30.1 Å². The highest BCUT2D eigenvalue weighted by atomic mass is 32.1. The van der Waals surface area contributed by atoms with Gasteiger partial charge in [0.15, 0.2) is 5.13 Å². The maximum Gasteiger partial charge on any atom is 0.414 e. The molecular weight excluding hydrogens is 535 g/mol. The molecule has 212 valence electrons. The van der Waals surface area contributed by atoms with Gasteiger partial charge in [0, 0.05) is 44.6 Å². The van der Waals surface area contributed by atoms with E-state index in [1.807, 2.05) is 30.3 Å². The number of benzene rings is 1. The second kappa shape index (κ2) is 12.6. The van der Waals surface area contributed by atoms with Crippen LogP contribution in [0.25, 0.3) is 10.4 Å². The summed E-state index contributed by atoms with van der Waals surface area (Å²) in [6, 6.07) is 10.1. The number of alkyl halides is 1. The predicted octanol–water partition coefficient (Wildman–Crippen LogP) is 3.86. The molecule has 40 heavy (non-hydrogen) atoms. The number of halogens is 1. The number of aromatic nitrogens is 3. The Balaban J connectivity index is 1.18. The van der Waals surface area contributed by atoms with Crippen LogP contribution in [0.5, 0.6) is 5.88 Å². The second-order valence-electron chi connectivity index (χ2n) is 10.1. The van der Waals surface area contributed by atoms with E-state index in [0.717, 1.165) is 36.4 Å². The molecule has 2 N–H and O–H groups in total. The monoisotopic (exact) mass is 568 g/mol. The van der Waals surface area contributed by atoms with Crippen molar-refractivity contribution in [1.29, 1.82) is 0 Å². The van der Waals surface area contributed by atoms with Gasteiger partial charge in [0.2, 0.25) is 11.8 Å². The van der Waals surface area contributed by atoms with Gasteiger partial charge in [-0.15, -0.1) is 0 Å². The zero-order chi connectivity index (χ0) is 28.1. The van der Waals surface area contributed by atoms with E-state index in [4.69, 9.17) is 4.74 Å². The number of hydrogen-bond acceptors (Lipinski definition) is 9. The number of amides is 3. The number of carbonyl (C=O) groups is 2. The highest BCUT2D eigenvalue weighted by Gasteiger charge is 2.35. The summed E-state index contributed by atoms with van der Waals surface area (Å²) in [7, 11) is 3.62. The molecule has 2 aliphatic heterocycles. The molecule has 0 spiro atoms. The molecule has 2 fully saturated rings. The Kier molecular flexibility index (Phi) is 8.70. The van der Waals surface area contributed by atoms with Gasteiger partial charge >= 0.3 is 12.1 Å². The average Bonchev–Trinajstić information content (AvgIpc) is 3.43. The van der Waals surface area contributed by atoms with Crippen LogP contribution in [0.2, 0.25) is 0 Å². The number of likely N-dealkylation sites (tertiary alicyclic amines) is 1. The third-order valence-corrected chi connectivity index (χ3v) is 8.20. The zero-order valence-electron chi connectivity index (χ0n) is 22.5. The van der Waals surface area contributed by atoms with Crippen molar-refractivity contribution in [2.24, 2.45) is 0 Å². The molecule has 4 heterocycles. The van der Waals surface area contributed by atoms with Gasteiger partial charge in [-0.3, -0.25) is 5.32 Å². The Bertz CT molecular complexity index is 1300. The fourth-order valence-electron chi connectivity index (χ4n) is 4.83. The first-order valence-corrected chi connectivity index (χ1v) is 14.1. The number of anilines is 2. The van der Waals surface area contributed by atoms with Gasteiger partial charge in [-0.2, -0.15) is 4.98 Å². The minimum Gasteiger partial charge on any atom is -0.391 e. The Labute approximate surface area is 236 Å². The van der Waals surface area contributed by atoms with Gasteiger partial charge in [-0.25, -0.2) is 23.9 Å². The first-order valence-electron chi connectivity index (χ1n) is 13.3. The Morgan fingerprint density at radius 3 is 2.65 bits per heavy atom. The molecule has 0 unspecified atom stereocenters.